The standard InChI is InChI=1S/C22H34O2/c1-14(24)18-6-7-19-17-5-4-16-12-15(13-23)8-10-21(16,2)20(17)9-11-22(18,19)3/h8,16-20,23H,4-7,9-13H2,1-3H3/t16-,17-,18+,19-,20-,21-,22+/m0/s1. The second kappa shape index (κ2) is 5.69. The maximum atomic E-state index is 12.2. The van der Waals surface area contributed by atoms with Crippen LogP contribution in [-0.4, -0.2) is 17.5 Å². The molecule has 4 rings (SSSR count). The van der Waals surface area contributed by atoms with E-state index in [-0.39, 0.29) is 12.0 Å². The van der Waals surface area contributed by atoms with Gasteiger partial charge in [-0.2, -0.15) is 0 Å². The van der Waals surface area contributed by atoms with Crippen LogP contribution >= 0.6 is 0 Å². The fourth-order valence-corrected chi connectivity index (χ4v) is 7.75. The molecule has 0 saturated heterocycles. The zero-order valence-electron chi connectivity index (χ0n) is 15.7. The van der Waals surface area contributed by atoms with Crippen LogP contribution in [0.1, 0.15) is 72.1 Å². The summed E-state index contributed by atoms with van der Waals surface area (Å²) in [4.78, 5) is 12.2. The van der Waals surface area contributed by atoms with Crippen molar-refractivity contribution in [2.24, 2.45) is 40.4 Å². The number of hydrogen-bond donors (Lipinski definition) is 1. The summed E-state index contributed by atoms with van der Waals surface area (Å²) in [7, 11) is 0. The fraction of sp³-hybridized carbons (Fsp3) is 0.864. The van der Waals surface area contributed by atoms with Crippen molar-refractivity contribution in [3.05, 3.63) is 11.6 Å². The van der Waals surface area contributed by atoms with Gasteiger partial charge in [-0.15, -0.1) is 0 Å². The second-order valence-corrected chi connectivity index (χ2v) is 9.87. The van der Waals surface area contributed by atoms with Crippen LogP contribution in [0.4, 0.5) is 0 Å². The van der Waals surface area contributed by atoms with Gasteiger partial charge in [0.2, 0.25) is 0 Å². The summed E-state index contributed by atoms with van der Waals surface area (Å²) in [6.07, 6.45) is 12.3. The van der Waals surface area contributed by atoms with E-state index in [2.05, 4.69) is 19.9 Å². The van der Waals surface area contributed by atoms with E-state index in [1.54, 1.807) is 0 Å². The van der Waals surface area contributed by atoms with E-state index in [4.69, 9.17) is 0 Å². The first-order chi connectivity index (χ1) is 11.4. The molecule has 7 atom stereocenters. The summed E-state index contributed by atoms with van der Waals surface area (Å²) in [5, 5.41) is 9.54. The van der Waals surface area contributed by atoms with Crippen molar-refractivity contribution < 1.29 is 9.90 Å². The second-order valence-electron chi connectivity index (χ2n) is 9.87. The first-order valence-electron chi connectivity index (χ1n) is 10.2. The topological polar surface area (TPSA) is 37.3 Å². The number of fused-ring (bicyclic) bond motifs is 5. The Morgan fingerprint density at radius 1 is 1.12 bits per heavy atom. The van der Waals surface area contributed by atoms with E-state index in [9.17, 15) is 9.90 Å². The Labute approximate surface area is 147 Å². The molecule has 0 radical (unpaired) electrons. The van der Waals surface area contributed by atoms with Crippen LogP contribution in [0.15, 0.2) is 11.6 Å². The summed E-state index contributed by atoms with van der Waals surface area (Å²) < 4.78 is 0. The van der Waals surface area contributed by atoms with Crippen molar-refractivity contribution >= 4 is 5.78 Å². The van der Waals surface area contributed by atoms with E-state index in [1.165, 1.54) is 37.7 Å². The summed E-state index contributed by atoms with van der Waals surface area (Å²) in [6.45, 7) is 7.05. The molecule has 134 valence electrons. The predicted molar refractivity (Wildman–Crippen MR) is 96.4 cm³/mol. The number of carbonyl (C=O) groups excluding carboxylic acids is 1. The van der Waals surface area contributed by atoms with E-state index in [1.807, 2.05) is 6.92 Å². The Kier molecular flexibility index (Phi) is 3.99. The van der Waals surface area contributed by atoms with Gasteiger partial charge in [-0.25, -0.2) is 0 Å². The lowest BCUT2D eigenvalue weighted by molar-refractivity contribution is -0.131. The predicted octanol–water partition coefficient (Wildman–Crippen LogP) is 4.76. The Morgan fingerprint density at radius 2 is 1.88 bits per heavy atom. The van der Waals surface area contributed by atoms with Gasteiger partial charge in [0.25, 0.3) is 0 Å². The van der Waals surface area contributed by atoms with Crippen LogP contribution in [-0.2, 0) is 4.79 Å². The number of rotatable bonds is 2. The van der Waals surface area contributed by atoms with Crippen molar-refractivity contribution in [3.63, 3.8) is 0 Å². The smallest absolute Gasteiger partial charge is 0.133 e. The minimum atomic E-state index is 0.252. The van der Waals surface area contributed by atoms with Gasteiger partial charge in [0, 0.05) is 5.92 Å². The Morgan fingerprint density at radius 3 is 2.58 bits per heavy atom. The highest BCUT2D eigenvalue weighted by Gasteiger charge is 2.60. The number of hydrogen-bond acceptors (Lipinski definition) is 2. The average Bonchev–Trinajstić information content (AvgIpc) is 2.91. The molecule has 1 N–H and O–H groups in total. The van der Waals surface area contributed by atoms with Gasteiger partial charge in [-0.3, -0.25) is 4.79 Å². The summed E-state index contributed by atoms with van der Waals surface area (Å²) in [5.74, 6) is 3.95. The highest BCUT2D eigenvalue weighted by Crippen LogP contribution is 2.67. The molecule has 4 aliphatic carbocycles. The molecule has 2 nitrogen and oxygen atoms in total. The molecule has 3 fully saturated rings. The monoisotopic (exact) mass is 330 g/mol. The molecule has 0 aliphatic heterocycles. The largest absolute Gasteiger partial charge is 0.392 e. The Hall–Kier alpha value is -0.630. The van der Waals surface area contributed by atoms with Crippen LogP contribution in [0.2, 0.25) is 0 Å². The molecule has 0 unspecified atom stereocenters. The minimum absolute atomic E-state index is 0.252. The van der Waals surface area contributed by atoms with E-state index in [0.29, 0.717) is 17.1 Å². The van der Waals surface area contributed by atoms with Gasteiger partial charge in [0.1, 0.15) is 5.78 Å². The number of ketones is 1. The van der Waals surface area contributed by atoms with E-state index in [0.717, 1.165) is 42.9 Å². The molecule has 0 bridgehead atoms. The molecular weight excluding hydrogens is 296 g/mol. The maximum absolute atomic E-state index is 12.2. The number of aliphatic hydroxyl groups excluding tert-OH is 1. The number of Topliss-reactive ketones (excluding diaryl/α,β-unsaturated/α-hetero) is 1. The highest BCUT2D eigenvalue weighted by atomic mass is 16.3. The summed E-state index contributed by atoms with van der Waals surface area (Å²) in [5.41, 5.74) is 1.97. The molecule has 0 spiro atoms. The van der Waals surface area contributed by atoms with Gasteiger partial charge in [0.15, 0.2) is 0 Å². The van der Waals surface area contributed by atoms with Gasteiger partial charge in [-0.05, 0) is 98.4 Å². The van der Waals surface area contributed by atoms with Crippen LogP contribution in [0.5, 0.6) is 0 Å². The van der Waals surface area contributed by atoms with Crippen LogP contribution in [0.25, 0.3) is 0 Å². The van der Waals surface area contributed by atoms with Crippen LogP contribution in [0, 0.1) is 40.4 Å². The molecule has 24 heavy (non-hydrogen) atoms. The average molecular weight is 331 g/mol. The first-order valence-corrected chi connectivity index (χ1v) is 10.2. The fourth-order valence-electron chi connectivity index (χ4n) is 7.75. The summed E-state index contributed by atoms with van der Waals surface area (Å²) in [6, 6.07) is 0. The molecule has 4 aliphatic rings. The maximum Gasteiger partial charge on any atom is 0.133 e. The molecule has 0 aromatic carbocycles. The van der Waals surface area contributed by atoms with Crippen molar-refractivity contribution in [3.8, 4) is 0 Å². The van der Waals surface area contributed by atoms with Gasteiger partial charge < -0.3 is 5.11 Å². The van der Waals surface area contributed by atoms with Crippen molar-refractivity contribution in [1.29, 1.82) is 0 Å². The Bertz CT molecular complexity index is 564. The highest BCUT2D eigenvalue weighted by molar-refractivity contribution is 5.79. The number of allylic oxidation sites excluding steroid dienone is 1. The molecule has 0 aromatic heterocycles. The normalized spacial score (nSPS) is 50.5. The molecule has 2 heteroatoms. The molecule has 0 amide bonds. The molecule has 0 heterocycles. The Balaban J connectivity index is 1.62. The van der Waals surface area contributed by atoms with Gasteiger partial charge in [-0.1, -0.05) is 19.9 Å². The third-order valence-electron chi connectivity index (χ3n) is 9.10. The third-order valence-corrected chi connectivity index (χ3v) is 9.10. The van der Waals surface area contributed by atoms with Crippen LogP contribution in [0.3, 0.4) is 0 Å². The number of carbonyl (C=O) groups is 1. The molecule has 0 aromatic rings. The quantitative estimate of drug-likeness (QED) is 0.741. The van der Waals surface area contributed by atoms with Crippen molar-refractivity contribution in [1.82, 2.24) is 0 Å². The molecular formula is C22H34O2. The first kappa shape index (κ1) is 16.8. The zero-order chi connectivity index (χ0) is 17.1. The van der Waals surface area contributed by atoms with Crippen molar-refractivity contribution in [2.75, 3.05) is 6.61 Å². The zero-order valence-corrected chi connectivity index (χ0v) is 15.7. The van der Waals surface area contributed by atoms with Gasteiger partial charge >= 0.3 is 0 Å². The van der Waals surface area contributed by atoms with Crippen molar-refractivity contribution in [2.45, 2.75) is 72.1 Å². The summed E-state index contributed by atoms with van der Waals surface area (Å²) >= 11 is 0. The lowest BCUT2D eigenvalue weighted by Crippen LogP contribution is -2.53. The van der Waals surface area contributed by atoms with Gasteiger partial charge in [0.05, 0.1) is 6.61 Å². The lowest BCUT2D eigenvalue weighted by Gasteiger charge is -2.60. The number of aliphatic hydroxyl groups is 1. The van der Waals surface area contributed by atoms with E-state index < -0.39 is 0 Å². The molecule has 3 saturated carbocycles. The SMILES string of the molecule is CC(=O)[C@H]1CC[C@H]2[C@@H]3CC[C@H]4CC(CO)=CC[C@]4(C)[C@H]3CC[C@]12C. The van der Waals surface area contributed by atoms with E-state index >= 15 is 0 Å². The lowest BCUT2D eigenvalue weighted by atomic mass is 9.45. The minimum Gasteiger partial charge on any atom is -0.392 e. The third kappa shape index (κ3) is 2.21. The van der Waals surface area contributed by atoms with Crippen LogP contribution < -0.4 is 0 Å².